The van der Waals surface area contributed by atoms with Gasteiger partial charge in [0.2, 0.25) is 0 Å². The van der Waals surface area contributed by atoms with Gasteiger partial charge in [0.15, 0.2) is 17.1 Å². The average molecular weight is 245 g/mol. The Labute approximate surface area is 101 Å². The fraction of sp³-hybridized carbons (Fsp3) is 0.400. The molecule has 3 aromatic rings. The third-order valence-corrected chi connectivity index (χ3v) is 3.33. The highest BCUT2D eigenvalue weighted by Crippen LogP contribution is 2.27. The third kappa shape index (κ3) is 1.16. The Morgan fingerprint density at radius 3 is 3.17 bits per heavy atom. The third-order valence-electron chi connectivity index (χ3n) is 3.33. The van der Waals surface area contributed by atoms with Crippen molar-refractivity contribution < 1.29 is 4.74 Å². The van der Waals surface area contributed by atoms with E-state index in [1.165, 1.54) is 0 Å². The van der Waals surface area contributed by atoms with Crippen molar-refractivity contribution in [3.05, 3.63) is 18.5 Å². The number of hydrogen-bond donors (Lipinski definition) is 2. The van der Waals surface area contributed by atoms with Crippen LogP contribution in [0.4, 0.5) is 0 Å². The van der Waals surface area contributed by atoms with Crippen LogP contribution >= 0.6 is 0 Å². The summed E-state index contributed by atoms with van der Waals surface area (Å²) >= 11 is 0. The van der Waals surface area contributed by atoms with Crippen molar-refractivity contribution in [1.29, 1.82) is 0 Å². The fourth-order valence-electron chi connectivity index (χ4n) is 2.33. The number of hydrogen-bond acceptors (Lipinski definition) is 6. The number of imidazole rings is 1. The Kier molecular flexibility index (Phi) is 1.78. The number of nitrogens with zero attached hydrogens (tertiary/aromatic N) is 5. The van der Waals surface area contributed by atoms with Crippen molar-refractivity contribution in [1.82, 2.24) is 29.5 Å². The lowest BCUT2D eigenvalue weighted by molar-refractivity contribution is 0.176. The number of fused-ring (bicyclic) bond motifs is 3. The number of nitrogens with one attached hydrogen (secondary N) is 1. The van der Waals surface area contributed by atoms with Gasteiger partial charge in [-0.05, 0) is 6.42 Å². The van der Waals surface area contributed by atoms with Crippen molar-refractivity contribution in [3.8, 4) is 0 Å². The molecule has 1 fully saturated rings. The minimum absolute atomic E-state index is 0.453. The van der Waals surface area contributed by atoms with Gasteiger partial charge in [-0.3, -0.25) is 4.40 Å². The molecule has 3 aromatic heterocycles. The van der Waals surface area contributed by atoms with Gasteiger partial charge in [0.25, 0.3) is 0 Å². The zero-order valence-electron chi connectivity index (χ0n) is 9.50. The first-order valence-electron chi connectivity index (χ1n) is 5.68. The summed E-state index contributed by atoms with van der Waals surface area (Å²) in [5.41, 5.74) is 7.79. The number of aromatic amines is 1. The maximum absolute atomic E-state index is 6.31. The van der Waals surface area contributed by atoms with Crippen LogP contribution in [0.3, 0.4) is 0 Å². The summed E-state index contributed by atoms with van der Waals surface area (Å²) in [6.07, 6.45) is 3.97. The van der Waals surface area contributed by atoms with Crippen LogP contribution in [-0.4, -0.2) is 42.8 Å². The van der Waals surface area contributed by atoms with Gasteiger partial charge in [-0.25, -0.2) is 9.97 Å². The van der Waals surface area contributed by atoms with Crippen LogP contribution in [0.25, 0.3) is 16.8 Å². The molecule has 0 aromatic carbocycles. The largest absolute Gasteiger partial charge is 0.379 e. The Hall–Kier alpha value is -2.06. The van der Waals surface area contributed by atoms with Crippen LogP contribution in [-0.2, 0) is 10.3 Å². The number of ether oxygens (including phenoxy) is 1. The molecule has 0 saturated carbocycles. The van der Waals surface area contributed by atoms with E-state index in [0.717, 1.165) is 11.9 Å². The van der Waals surface area contributed by atoms with E-state index in [-0.39, 0.29) is 0 Å². The average Bonchev–Trinajstić information content (AvgIpc) is 3.05. The van der Waals surface area contributed by atoms with E-state index in [1.54, 1.807) is 17.1 Å². The van der Waals surface area contributed by atoms with Gasteiger partial charge in [0.1, 0.15) is 17.4 Å². The summed E-state index contributed by atoms with van der Waals surface area (Å²) in [7, 11) is 0. The minimum Gasteiger partial charge on any atom is -0.379 e. The van der Waals surface area contributed by atoms with E-state index in [2.05, 4.69) is 25.1 Å². The van der Waals surface area contributed by atoms with Crippen molar-refractivity contribution in [2.45, 2.75) is 12.0 Å². The quantitative estimate of drug-likeness (QED) is 0.602. The van der Waals surface area contributed by atoms with Crippen molar-refractivity contribution >= 4 is 16.8 Å². The van der Waals surface area contributed by atoms with Crippen molar-refractivity contribution in [2.24, 2.45) is 5.73 Å². The van der Waals surface area contributed by atoms with Gasteiger partial charge in [0, 0.05) is 6.61 Å². The summed E-state index contributed by atoms with van der Waals surface area (Å²) in [6, 6.07) is 0. The molecule has 1 aliphatic rings. The van der Waals surface area contributed by atoms with Gasteiger partial charge < -0.3 is 15.5 Å². The van der Waals surface area contributed by atoms with Crippen LogP contribution in [0.2, 0.25) is 0 Å². The van der Waals surface area contributed by atoms with Crippen LogP contribution in [0, 0.1) is 0 Å². The van der Waals surface area contributed by atoms with E-state index in [1.807, 2.05) is 0 Å². The van der Waals surface area contributed by atoms with E-state index >= 15 is 0 Å². The maximum Gasteiger partial charge on any atom is 0.189 e. The Morgan fingerprint density at radius 2 is 2.33 bits per heavy atom. The summed E-state index contributed by atoms with van der Waals surface area (Å²) < 4.78 is 7.16. The molecule has 1 unspecified atom stereocenters. The molecule has 1 aliphatic heterocycles. The lowest BCUT2D eigenvalue weighted by Crippen LogP contribution is -2.39. The van der Waals surface area contributed by atoms with E-state index in [9.17, 15) is 0 Å². The minimum atomic E-state index is -0.588. The first-order valence-corrected chi connectivity index (χ1v) is 5.68. The summed E-state index contributed by atoms with van der Waals surface area (Å²) in [4.78, 5) is 11.3. The zero-order chi connectivity index (χ0) is 12.2. The highest BCUT2D eigenvalue weighted by Gasteiger charge is 2.37. The highest BCUT2D eigenvalue weighted by atomic mass is 16.5. The summed E-state index contributed by atoms with van der Waals surface area (Å²) in [5, 5.41) is 8.37. The standard InChI is InChI=1S/C10H11N7O/c11-10(1-2-18-3-10)9-16-15-8-6-7(13-4-12-6)14-5-17(8)9/h4-5H,1-3,11H2,(H,12,13). The molecule has 0 radical (unpaired) electrons. The van der Waals surface area contributed by atoms with Gasteiger partial charge in [-0.1, -0.05) is 0 Å². The monoisotopic (exact) mass is 245 g/mol. The van der Waals surface area contributed by atoms with Crippen LogP contribution in [0.1, 0.15) is 12.2 Å². The molecular formula is C10H11N7O. The van der Waals surface area contributed by atoms with Crippen LogP contribution in [0.5, 0.6) is 0 Å². The molecule has 0 amide bonds. The first kappa shape index (κ1) is 9.92. The number of nitrogens with two attached hydrogens (primary N) is 1. The van der Waals surface area contributed by atoms with E-state index in [0.29, 0.717) is 30.3 Å². The maximum atomic E-state index is 6.31. The molecule has 0 spiro atoms. The lowest BCUT2D eigenvalue weighted by atomic mass is 10.00. The molecule has 1 saturated heterocycles. The van der Waals surface area contributed by atoms with Gasteiger partial charge >= 0.3 is 0 Å². The van der Waals surface area contributed by atoms with Crippen molar-refractivity contribution in [3.63, 3.8) is 0 Å². The SMILES string of the molecule is NC1(c2nnc3c4[nH]cnc4ncn23)CCOC1. The first-order chi connectivity index (χ1) is 8.78. The number of H-pyrrole nitrogens is 1. The highest BCUT2D eigenvalue weighted by molar-refractivity contribution is 5.84. The van der Waals surface area contributed by atoms with Crippen LogP contribution in [0.15, 0.2) is 12.7 Å². The molecule has 0 bridgehead atoms. The molecule has 8 nitrogen and oxygen atoms in total. The smallest absolute Gasteiger partial charge is 0.189 e. The predicted octanol–water partition coefficient (Wildman–Crippen LogP) is -0.425. The van der Waals surface area contributed by atoms with Crippen LogP contribution < -0.4 is 5.73 Å². The number of rotatable bonds is 1. The molecule has 3 N–H and O–H groups in total. The normalized spacial score (nSPS) is 24.3. The summed E-state index contributed by atoms with van der Waals surface area (Å²) in [6.45, 7) is 1.10. The lowest BCUT2D eigenvalue weighted by Gasteiger charge is -2.18. The van der Waals surface area contributed by atoms with Gasteiger partial charge in [0.05, 0.1) is 12.9 Å². The summed E-state index contributed by atoms with van der Waals surface area (Å²) in [5.74, 6) is 0.680. The zero-order valence-corrected chi connectivity index (χ0v) is 9.50. The second kappa shape index (κ2) is 3.24. The topological polar surface area (TPSA) is 107 Å². The number of aromatic nitrogens is 6. The van der Waals surface area contributed by atoms with E-state index in [4.69, 9.17) is 10.5 Å². The second-order valence-electron chi connectivity index (χ2n) is 4.52. The Morgan fingerprint density at radius 1 is 1.39 bits per heavy atom. The van der Waals surface area contributed by atoms with Crippen molar-refractivity contribution in [2.75, 3.05) is 13.2 Å². The van der Waals surface area contributed by atoms with Gasteiger partial charge in [-0.2, -0.15) is 0 Å². The fourth-order valence-corrected chi connectivity index (χ4v) is 2.33. The molecule has 0 aliphatic carbocycles. The van der Waals surface area contributed by atoms with Gasteiger partial charge in [-0.15, -0.1) is 10.2 Å². The Balaban J connectivity index is 2.02. The second-order valence-corrected chi connectivity index (χ2v) is 4.52. The molecular weight excluding hydrogens is 234 g/mol. The Bertz CT molecular complexity index is 724. The molecule has 92 valence electrons. The molecule has 4 rings (SSSR count). The predicted molar refractivity (Wildman–Crippen MR) is 61.7 cm³/mol. The molecule has 18 heavy (non-hydrogen) atoms. The van der Waals surface area contributed by atoms with E-state index < -0.39 is 5.54 Å². The molecule has 4 heterocycles. The molecule has 1 atom stereocenters. The molecule has 8 heteroatoms.